The number of ether oxygens (including phenoxy) is 1. The van der Waals surface area contributed by atoms with Crippen molar-refractivity contribution in [3.05, 3.63) is 34.9 Å². The normalized spacial score (nSPS) is 15.8. The van der Waals surface area contributed by atoms with E-state index < -0.39 is 0 Å². The second-order valence-corrected chi connectivity index (χ2v) is 5.75. The van der Waals surface area contributed by atoms with Gasteiger partial charge in [0.1, 0.15) is 6.61 Å². The van der Waals surface area contributed by atoms with E-state index >= 15 is 0 Å². The summed E-state index contributed by atoms with van der Waals surface area (Å²) in [6, 6.07) is 5.93. The van der Waals surface area contributed by atoms with Gasteiger partial charge in [-0.05, 0) is 55.9 Å². The van der Waals surface area contributed by atoms with Crippen molar-refractivity contribution in [1.82, 2.24) is 4.90 Å². The molecule has 0 aromatic heterocycles. The number of nitrogens with zero attached hydrogens (tertiary/aromatic N) is 1. The topological polar surface area (TPSA) is 29.5 Å². The number of hydrogen-bond acceptors (Lipinski definition) is 2. The summed E-state index contributed by atoms with van der Waals surface area (Å²) < 4.78 is 5.39. The van der Waals surface area contributed by atoms with Gasteiger partial charge in [-0.1, -0.05) is 12.0 Å². The number of likely N-dealkylation sites (tertiary alicyclic amines) is 1. The molecule has 1 aromatic rings. The SMILES string of the molecule is C#CCOCC1CCN(C(=O)c2ccc(C)c(C)c2)CC1. The molecule has 0 saturated carbocycles. The minimum Gasteiger partial charge on any atom is -0.369 e. The van der Waals surface area contributed by atoms with Gasteiger partial charge in [-0.25, -0.2) is 0 Å². The van der Waals surface area contributed by atoms with Gasteiger partial charge >= 0.3 is 0 Å². The zero-order chi connectivity index (χ0) is 15.2. The van der Waals surface area contributed by atoms with Crippen molar-refractivity contribution in [1.29, 1.82) is 0 Å². The lowest BCUT2D eigenvalue weighted by Crippen LogP contribution is -2.39. The predicted molar refractivity (Wildman–Crippen MR) is 84.2 cm³/mol. The molecule has 1 heterocycles. The Kier molecular flexibility index (Phi) is 5.41. The summed E-state index contributed by atoms with van der Waals surface area (Å²) in [5.74, 6) is 3.13. The lowest BCUT2D eigenvalue weighted by atomic mass is 9.97. The van der Waals surface area contributed by atoms with E-state index in [1.165, 1.54) is 11.1 Å². The Morgan fingerprint density at radius 1 is 1.33 bits per heavy atom. The minimum atomic E-state index is 0.140. The molecule has 0 bridgehead atoms. The van der Waals surface area contributed by atoms with E-state index in [0.717, 1.165) is 31.5 Å². The molecule has 112 valence electrons. The molecule has 0 N–H and O–H groups in total. The third kappa shape index (κ3) is 4.09. The van der Waals surface area contributed by atoms with Crippen LogP contribution < -0.4 is 0 Å². The molecule has 0 spiro atoms. The molecule has 0 radical (unpaired) electrons. The van der Waals surface area contributed by atoms with Crippen LogP contribution >= 0.6 is 0 Å². The van der Waals surface area contributed by atoms with E-state index in [-0.39, 0.29) is 5.91 Å². The summed E-state index contributed by atoms with van der Waals surface area (Å²) in [6.07, 6.45) is 7.14. The molecule has 1 amide bonds. The van der Waals surface area contributed by atoms with Crippen LogP contribution in [0.4, 0.5) is 0 Å². The van der Waals surface area contributed by atoms with E-state index in [2.05, 4.69) is 12.8 Å². The quantitative estimate of drug-likeness (QED) is 0.629. The fourth-order valence-corrected chi connectivity index (χ4v) is 2.64. The molecule has 1 aliphatic heterocycles. The monoisotopic (exact) mass is 285 g/mol. The number of terminal acetylenes is 1. The highest BCUT2D eigenvalue weighted by Gasteiger charge is 2.23. The second kappa shape index (κ2) is 7.28. The lowest BCUT2D eigenvalue weighted by Gasteiger charge is -2.32. The highest BCUT2D eigenvalue weighted by atomic mass is 16.5. The van der Waals surface area contributed by atoms with Crippen LogP contribution in [0, 0.1) is 32.1 Å². The molecule has 1 fully saturated rings. The molecule has 0 aliphatic carbocycles. The number of rotatable bonds is 4. The van der Waals surface area contributed by atoms with Crippen LogP contribution in [0.5, 0.6) is 0 Å². The van der Waals surface area contributed by atoms with E-state index in [4.69, 9.17) is 11.2 Å². The molecule has 3 nitrogen and oxygen atoms in total. The Hall–Kier alpha value is -1.79. The maximum Gasteiger partial charge on any atom is 0.253 e. The van der Waals surface area contributed by atoms with Crippen molar-refractivity contribution < 1.29 is 9.53 Å². The van der Waals surface area contributed by atoms with Crippen molar-refractivity contribution in [3.8, 4) is 12.3 Å². The maximum absolute atomic E-state index is 12.5. The molecule has 1 aromatic carbocycles. The van der Waals surface area contributed by atoms with Gasteiger partial charge in [0.15, 0.2) is 0 Å². The van der Waals surface area contributed by atoms with Crippen LogP contribution in [-0.4, -0.2) is 37.1 Å². The number of carbonyl (C=O) groups is 1. The average Bonchev–Trinajstić information content (AvgIpc) is 2.50. The Bertz CT molecular complexity index is 537. The minimum absolute atomic E-state index is 0.140. The van der Waals surface area contributed by atoms with Crippen LogP contribution in [0.15, 0.2) is 18.2 Å². The van der Waals surface area contributed by atoms with Crippen molar-refractivity contribution in [3.63, 3.8) is 0 Å². The molecular weight excluding hydrogens is 262 g/mol. The Morgan fingerprint density at radius 3 is 2.67 bits per heavy atom. The first-order valence-corrected chi connectivity index (χ1v) is 7.49. The van der Waals surface area contributed by atoms with Crippen LogP contribution in [0.25, 0.3) is 0 Å². The average molecular weight is 285 g/mol. The molecule has 0 unspecified atom stereocenters. The first-order valence-electron chi connectivity index (χ1n) is 7.49. The Morgan fingerprint density at radius 2 is 2.05 bits per heavy atom. The number of amides is 1. The largest absolute Gasteiger partial charge is 0.369 e. The van der Waals surface area contributed by atoms with Gasteiger partial charge in [0.05, 0.1) is 6.61 Å². The smallest absolute Gasteiger partial charge is 0.253 e. The number of benzene rings is 1. The van der Waals surface area contributed by atoms with Gasteiger partial charge in [-0.3, -0.25) is 4.79 Å². The zero-order valence-electron chi connectivity index (χ0n) is 12.9. The van der Waals surface area contributed by atoms with E-state index in [0.29, 0.717) is 19.1 Å². The van der Waals surface area contributed by atoms with Crippen LogP contribution in [0.1, 0.15) is 34.3 Å². The van der Waals surface area contributed by atoms with Crippen LogP contribution in [0.2, 0.25) is 0 Å². The molecule has 1 aliphatic rings. The Balaban J connectivity index is 1.88. The first kappa shape index (κ1) is 15.6. The lowest BCUT2D eigenvalue weighted by molar-refractivity contribution is 0.0582. The molecule has 2 rings (SSSR count). The van der Waals surface area contributed by atoms with Crippen molar-refractivity contribution >= 4 is 5.91 Å². The molecule has 0 atom stereocenters. The van der Waals surface area contributed by atoms with Gasteiger partial charge in [0.25, 0.3) is 5.91 Å². The summed E-state index contributed by atoms with van der Waals surface area (Å²) in [7, 11) is 0. The van der Waals surface area contributed by atoms with Crippen LogP contribution in [0.3, 0.4) is 0 Å². The Labute approximate surface area is 127 Å². The van der Waals surface area contributed by atoms with Crippen molar-refractivity contribution in [2.24, 2.45) is 5.92 Å². The van der Waals surface area contributed by atoms with Gasteiger partial charge in [-0.2, -0.15) is 0 Å². The summed E-state index contributed by atoms with van der Waals surface area (Å²) in [5, 5.41) is 0. The fraction of sp³-hybridized carbons (Fsp3) is 0.500. The third-order valence-corrected chi connectivity index (χ3v) is 4.19. The molecule has 1 saturated heterocycles. The molecule has 3 heteroatoms. The standard InChI is InChI=1S/C18H23NO2/c1-4-11-21-13-16-7-9-19(10-8-16)18(20)17-6-5-14(2)15(3)12-17/h1,5-6,12,16H,7-11,13H2,2-3H3. The van der Waals surface area contributed by atoms with Crippen molar-refractivity contribution in [2.45, 2.75) is 26.7 Å². The van der Waals surface area contributed by atoms with E-state index in [9.17, 15) is 4.79 Å². The number of hydrogen-bond donors (Lipinski definition) is 0. The first-order chi connectivity index (χ1) is 10.1. The maximum atomic E-state index is 12.5. The fourth-order valence-electron chi connectivity index (χ4n) is 2.64. The number of carbonyl (C=O) groups excluding carboxylic acids is 1. The number of piperidine rings is 1. The third-order valence-electron chi connectivity index (χ3n) is 4.19. The summed E-state index contributed by atoms with van der Waals surface area (Å²) in [6.45, 7) is 6.79. The summed E-state index contributed by atoms with van der Waals surface area (Å²) in [5.41, 5.74) is 3.18. The van der Waals surface area contributed by atoms with Gasteiger partial charge < -0.3 is 9.64 Å². The summed E-state index contributed by atoms with van der Waals surface area (Å²) >= 11 is 0. The molecule has 21 heavy (non-hydrogen) atoms. The second-order valence-electron chi connectivity index (χ2n) is 5.75. The van der Waals surface area contributed by atoms with Crippen LogP contribution in [-0.2, 0) is 4.74 Å². The van der Waals surface area contributed by atoms with E-state index in [1.807, 2.05) is 30.0 Å². The highest BCUT2D eigenvalue weighted by Crippen LogP contribution is 2.20. The van der Waals surface area contributed by atoms with E-state index in [1.54, 1.807) is 0 Å². The number of aryl methyl sites for hydroxylation is 2. The zero-order valence-corrected chi connectivity index (χ0v) is 12.9. The van der Waals surface area contributed by atoms with Gasteiger partial charge in [0.2, 0.25) is 0 Å². The molecular formula is C18H23NO2. The van der Waals surface area contributed by atoms with Crippen molar-refractivity contribution in [2.75, 3.05) is 26.3 Å². The summed E-state index contributed by atoms with van der Waals surface area (Å²) in [4.78, 5) is 14.4. The van der Waals surface area contributed by atoms with Gasteiger partial charge in [0, 0.05) is 18.7 Å². The van der Waals surface area contributed by atoms with Gasteiger partial charge in [-0.15, -0.1) is 6.42 Å². The predicted octanol–water partition coefficient (Wildman–Crippen LogP) is 2.81. The highest BCUT2D eigenvalue weighted by molar-refractivity contribution is 5.94.